The van der Waals surface area contributed by atoms with Crippen LogP contribution < -0.4 is 0 Å². The molecule has 19 heavy (non-hydrogen) atoms. The first-order chi connectivity index (χ1) is 8.88. The van der Waals surface area contributed by atoms with Gasteiger partial charge < -0.3 is 10.2 Å². The fraction of sp³-hybridized carbons (Fsp3) is 0.250. The van der Waals surface area contributed by atoms with Gasteiger partial charge in [0.1, 0.15) is 11.5 Å². The van der Waals surface area contributed by atoms with Crippen molar-refractivity contribution in [1.29, 1.82) is 0 Å². The molecule has 0 bridgehead atoms. The highest BCUT2D eigenvalue weighted by Gasteiger charge is 2.12. The van der Waals surface area contributed by atoms with E-state index in [9.17, 15) is 10.2 Å². The van der Waals surface area contributed by atoms with E-state index in [0.717, 1.165) is 32.0 Å². The molecule has 100 valence electrons. The van der Waals surface area contributed by atoms with Crippen molar-refractivity contribution in [2.24, 2.45) is 0 Å². The van der Waals surface area contributed by atoms with Crippen LogP contribution in [0.25, 0.3) is 0 Å². The number of benzene rings is 2. The number of rotatable bonds is 2. The summed E-state index contributed by atoms with van der Waals surface area (Å²) in [7, 11) is 0. The Kier molecular flexibility index (Phi) is 3.76. The molecule has 2 aromatic rings. The van der Waals surface area contributed by atoms with E-state index in [2.05, 4.69) is 0 Å². The molecular formula is C16H18O2S. The Morgan fingerprint density at radius 3 is 1.42 bits per heavy atom. The molecule has 0 fully saturated rings. The normalized spacial score (nSPS) is 10.7. The van der Waals surface area contributed by atoms with Gasteiger partial charge in [0, 0.05) is 0 Å². The van der Waals surface area contributed by atoms with Crippen LogP contribution in [0.1, 0.15) is 22.3 Å². The van der Waals surface area contributed by atoms with E-state index in [1.54, 1.807) is 0 Å². The van der Waals surface area contributed by atoms with Crippen LogP contribution in [0.15, 0.2) is 34.1 Å². The number of phenolic OH excluding ortho intramolecular Hbond substituents is 2. The summed E-state index contributed by atoms with van der Waals surface area (Å²) in [6.45, 7) is 7.76. The maximum atomic E-state index is 10.1. The Morgan fingerprint density at radius 1 is 0.684 bits per heavy atom. The van der Waals surface area contributed by atoms with Crippen molar-refractivity contribution in [3.8, 4) is 11.5 Å². The van der Waals surface area contributed by atoms with Crippen LogP contribution >= 0.6 is 11.8 Å². The predicted octanol–water partition coefficient (Wildman–Crippen LogP) is 4.48. The minimum Gasteiger partial charge on any atom is -0.506 e. The lowest BCUT2D eigenvalue weighted by Gasteiger charge is -2.11. The molecule has 0 saturated heterocycles. The van der Waals surface area contributed by atoms with E-state index in [-0.39, 0.29) is 11.5 Å². The van der Waals surface area contributed by atoms with Gasteiger partial charge in [0.05, 0.1) is 9.79 Å². The largest absolute Gasteiger partial charge is 0.506 e. The molecule has 0 saturated carbocycles. The molecule has 0 atom stereocenters. The lowest BCUT2D eigenvalue weighted by molar-refractivity contribution is 0.455. The molecule has 0 amide bonds. The standard InChI is InChI=1S/C16H18O2S/c1-9-5-11(3)15(17)13(7-9)19-14-8-10(2)6-12(4)16(14)18/h5-8,17-18H,1-4H3. The summed E-state index contributed by atoms with van der Waals surface area (Å²) in [5.74, 6) is 0.573. The van der Waals surface area contributed by atoms with Crippen LogP contribution in [0, 0.1) is 27.7 Å². The highest BCUT2D eigenvalue weighted by Crippen LogP contribution is 2.42. The third-order valence-electron chi connectivity index (χ3n) is 3.04. The van der Waals surface area contributed by atoms with E-state index >= 15 is 0 Å². The minimum absolute atomic E-state index is 0.286. The highest BCUT2D eigenvalue weighted by molar-refractivity contribution is 7.99. The van der Waals surface area contributed by atoms with Crippen LogP contribution in [0.2, 0.25) is 0 Å². The van der Waals surface area contributed by atoms with E-state index in [4.69, 9.17) is 0 Å². The summed E-state index contributed by atoms with van der Waals surface area (Å²) in [6.07, 6.45) is 0. The number of aryl methyl sites for hydroxylation is 4. The molecule has 0 aliphatic heterocycles. The zero-order chi connectivity index (χ0) is 14.2. The van der Waals surface area contributed by atoms with Crippen LogP contribution in [0.5, 0.6) is 11.5 Å². The van der Waals surface area contributed by atoms with Crippen molar-refractivity contribution in [2.45, 2.75) is 37.5 Å². The van der Waals surface area contributed by atoms with Gasteiger partial charge in [0.15, 0.2) is 0 Å². The molecule has 2 aromatic carbocycles. The molecule has 0 spiro atoms. The van der Waals surface area contributed by atoms with Crippen molar-refractivity contribution < 1.29 is 10.2 Å². The molecule has 2 nitrogen and oxygen atoms in total. The van der Waals surface area contributed by atoms with Crippen LogP contribution in [0.3, 0.4) is 0 Å². The average molecular weight is 274 g/mol. The Morgan fingerprint density at radius 2 is 1.05 bits per heavy atom. The maximum Gasteiger partial charge on any atom is 0.132 e. The second-order valence-electron chi connectivity index (χ2n) is 4.96. The molecule has 0 aromatic heterocycles. The van der Waals surface area contributed by atoms with Crippen molar-refractivity contribution in [3.63, 3.8) is 0 Å². The van der Waals surface area contributed by atoms with Gasteiger partial charge in [-0.3, -0.25) is 0 Å². The van der Waals surface area contributed by atoms with E-state index in [0.29, 0.717) is 0 Å². The first-order valence-electron chi connectivity index (χ1n) is 6.16. The number of hydrogen-bond donors (Lipinski definition) is 2. The second kappa shape index (κ2) is 5.17. The zero-order valence-electron chi connectivity index (χ0n) is 11.6. The molecule has 2 rings (SSSR count). The van der Waals surface area contributed by atoms with Gasteiger partial charge in [-0.15, -0.1) is 0 Å². The van der Waals surface area contributed by atoms with Gasteiger partial charge in [-0.2, -0.15) is 0 Å². The summed E-state index contributed by atoms with van der Waals surface area (Å²) in [5.41, 5.74) is 3.90. The quantitative estimate of drug-likeness (QED) is 0.848. The smallest absolute Gasteiger partial charge is 0.132 e. The predicted molar refractivity (Wildman–Crippen MR) is 79.3 cm³/mol. The Hall–Kier alpha value is -1.61. The summed E-state index contributed by atoms with van der Waals surface area (Å²) in [5, 5.41) is 20.2. The molecule has 0 unspecified atom stereocenters. The van der Waals surface area contributed by atoms with Crippen molar-refractivity contribution in [3.05, 3.63) is 46.5 Å². The van der Waals surface area contributed by atoms with E-state index in [1.165, 1.54) is 11.8 Å². The number of hydrogen-bond acceptors (Lipinski definition) is 3. The third-order valence-corrected chi connectivity index (χ3v) is 4.10. The summed E-state index contributed by atoms with van der Waals surface area (Å²) in [6, 6.07) is 7.76. The third kappa shape index (κ3) is 2.87. The van der Waals surface area contributed by atoms with Gasteiger partial charge in [-0.25, -0.2) is 0 Å². The highest BCUT2D eigenvalue weighted by atomic mass is 32.2. The molecular weight excluding hydrogens is 256 g/mol. The van der Waals surface area contributed by atoms with Gasteiger partial charge in [-0.1, -0.05) is 23.9 Å². The van der Waals surface area contributed by atoms with E-state index in [1.807, 2.05) is 52.0 Å². The van der Waals surface area contributed by atoms with Gasteiger partial charge in [0.2, 0.25) is 0 Å². The zero-order valence-corrected chi connectivity index (χ0v) is 12.4. The molecule has 2 N–H and O–H groups in total. The fourth-order valence-electron chi connectivity index (χ4n) is 2.12. The van der Waals surface area contributed by atoms with Gasteiger partial charge >= 0.3 is 0 Å². The Balaban J connectivity index is 2.47. The summed E-state index contributed by atoms with van der Waals surface area (Å²) >= 11 is 1.40. The van der Waals surface area contributed by atoms with Crippen LogP contribution in [0.4, 0.5) is 0 Å². The topological polar surface area (TPSA) is 40.5 Å². The van der Waals surface area contributed by atoms with Crippen LogP contribution in [-0.2, 0) is 0 Å². The van der Waals surface area contributed by atoms with Gasteiger partial charge in [-0.05, 0) is 62.1 Å². The molecule has 3 heteroatoms. The van der Waals surface area contributed by atoms with Crippen LogP contribution in [-0.4, -0.2) is 10.2 Å². The lowest BCUT2D eigenvalue weighted by atomic mass is 10.1. The second-order valence-corrected chi connectivity index (χ2v) is 6.04. The number of phenols is 2. The van der Waals surface area contributed by atoms with E-state index < -0.39 is 0 Å². The van der Waals surface area contributed by atoms with Crippen molar-refractivity contribution in [2.75, 3.05) is 0 Å². The lowest BCUT2D eigenvalue weighted by Crippen LogP contribution is -1.86. The summed E-state index contributed by atoms with van der Waals surface area (Å²) in [4.78, 5) is 1.55. The number of aromatic hydroxyl groups is 2. The Labute approximate surface area is 118 Å². The first-order valence-corrected chi connectivity index (χ1v) is 6.98. The first kappa shape index (κ1) is 13.8. The molecule has 0 aliphatic carbocycles. The molecule has 0 radical (unpaired) electrons. The maximum absolute atomic E-state index is 10.1. The monoisotopic (exact) mass is 274 g/mol. The minimum atomic E-state index is 0.286. The summed E-state index contributed by atoms with van der Waals surface area (Å²) < 4.78 is 0. The van der Waals surface area contributed by atoms with Crippen molar-refractivity contribution >= 4 is 11.8 Å². The average Bonchev–Trinajstić information content (AvgIpc) is 2.31. The van der Waals surface area contributed by atoms with Gasteiger partial charge in [0.25, 0.3) is 0 Å². The fourth-order valence-corrected chi connectivity index (χ4v) is 3.36. The van der Waals surface area contributed by atoms with Crippen molar-refractivity contribution in [1.82, 2.24) is 0 Å². The SMILES string of the molecule is Cc1cc(C)c(O)c(Sc2cc(C)cc(C)c2O)c1. The molecule has 0 aliphatic rings. The Bertz CT molecular complexity index is 578. The molecule has 0 heterocycles.